The van der Waals surface area contributed by atoms with E-state index in [-0.39, 0.29) is 11.6 Å². The average molecular weight is 376 g/mol. The Labute approximate surface area is 165 Å². The molecule has 2 N–H and O–H groups in total. The number of amides is 1. The van der Waals surface area contributed by atoms with Crippen molar-refractivity contribution >= 4 is 17.4 Å². The summed E-state index contributed by atoms with van der Waals surface area (Å²) in [5.41, 5.74) is 2.26. The molecule has 3 rings (SSSR count). The Balaban J connectivity index is 1.45. The molecule has 0 aliphatic carbocycles. The lowest BCUT2D eigenvalue weighted by atomic mass is 10.1. The van der Waals surface area contributed by atoms with Crippen LogP contribution in [0.5, 0.6) is 5.75 Å². The molecule has 6 nitrogen and oxygen atoms in total. The van der Waals surface area contributed by atoms with Gasteiger partial charge in [-0.25, -0.2) is 0 Å². The number of aromatic nitrogens is 2. The van der Waals surface area contributed by atoms with Gasteiger partial charge in [-0.1, -0.05) is 30.3 Å². The van der Waals surface area contributed by atoms with Gasteiger partial charge in [0.05, 0.1) is 6.61 Å². The van der Waals surface area contributed by atoms with Gasteiger partial charge in [0.25, 0.3) is 5.91 Å². The van der Waals surface area contributed by atoms with E-state index in [0.29, 0.717) is 18.1 Å². The first kappa shape index (κ1) is 19.4. The number of nitrogens with zero attached hydrogens (tertiary/aromatic N) is 2. The summed E-state index contributed by atoms with van der Waals surface area (Å²) < 4.78 is 5.39. The maximum absolute atomic E-state index is 12.3. The van der Waals surface area contributed by atoms with Crippen LogP contribution in [0.3, 0.4) is 0 Å². The number of ether oxygens (including phenoxy) is 1. The maximum Gasteiger partial charge on any atom is 0.276 e. The van der Waals surface area contributed by atoms with Crippen LogP contribution in [0.15, 0.2) is 66.7 Å². The quantitative estimate of drug-likeness (QED) is 0.548. The summed E-state index contributed by atoms with van der Waals surface area (Å²) in [5.74, 6) is 1.13. The number of rotatable bonds is 9. The lowest BCUT2D eigenvalue weighted by molar-refractivity contribution is 0.102. The van der Waals surface area contributed by atoms with Crippen molar-refractivity contribution in [1.29, 1.82) is 0 Å². The molecule has 144 valence electrons. The van der Waals surface area contributed by atoms with Gasteiger partial charge in [0.15, 0.2) is 5.69 Å². The van der Waals surface area contributed by atoms with E-state index in [4.69, 9.17) is 4.74 Å². The molecule has 0 fully saturated rings. The van der Waals surface area contributed by atoms with Crippen molar-refractivity contribution in [3.8, 4) is 5.75 Å². The van der Waals surface area contributed by atoms with E-state index in [9.17, 15) is 4.79 Å². The Morgan fingerprint density at radius 3 is 2.43 bits per heavy atom. The first-order valence-corrected chi connectivity index (χ1v) is 9.40. The number of carbonyl (C=O) groups is 1. The van der Waals surface area contributed by atoms with Crippen LogP contribution >= 0.6 is 0 Å². The van der Waals surface area contributed by atoms with Crippen molar-refractivity contribution in [1.82, 2.24) is 10.2 Å². The van der Waals surface area contributed by atoms with Gasteiger partial charge >= 0.3 is 0 Å². The Morgan fingerprint density at radius 1 is 0.964 bits per heavy atom. The minimum Gasteiger partial charge on any atom is -0.494 e. The smallest absolute Gasteiger partial charge is 0.276 e. The minimum atomic E-state index is -0.299. The first-order chi connectivity index (χ1) is 13.7. The molecule has 0 aliphatic heterocycles. The Hall–Kier alpha value is -3.41. The summed E-state index contributed by atoms with van der Waals surface area (Å²) in [6, 6.07) is 21.0. The van der Waals surface area contributed by atoms with Crippen molar-refractivity contribution in [3.05, 3.63) is 78.0 Å². The van der Waals surface area contributed by atoms with Crippen LogP contribution in [0.4, 0.5) is 11.5 Å². The summed E-state index contributed by atoms with van der Waals surface area (Å²) in [6.45, 7) is 3.32. The summed E-state index contributed by atoms with van der Waals surface area (Å²) in [7, 11) is 0. The van der Waals surface area contributed by atoms with E-state index in [2.05, 4.69) is 33.0 Å². The Morgan fingerprint density at radius 2 is 1.75 bits per heavy atom. The lowest BCUT2D eigenvalue weighted by Gasteiger charge is -2.08. The van der Waals surface area contributed by atoms with Gasteiger partial charge in [0.1, 0.15) is 11.6 Å². The van der Waals surface area contributed by atoms with Crippen LogP contribution in [0.2, 0.25) is 0 Å². The topological polar surface area (TPSA) is 76.1 Å². The number of carbonyl (C=O) groups excluding carboxylic acids is 1. The van der Waals surface area contributed by atoms with Gasteiger partial charge in [0, 0.05) is 12.2 Å². The molecule has 0 saturated carbocycles. The van der Waals surface area contributed by atoms with Gasteiger partial charge < -0.3 is 15.4 Å². The molecule has 6 heteroatoms. The van der Waals surface area contributed by atoms with Crippen molar-refractivity contribution in [2.45, 2.75) is 19.8 Å². The standard InChI is InChI=1S/C22H24N4O2/c1-2-28-19-12-10-18(11-13-19)24-22(27)20-14-15-21(26-25-20)23-16-6-9-17-7-4-3-5-8-17/h3-5,7-8,10-15H,2,6,9,16H2,1H3,(H,23,26)(H,24,27). The number of nitrogens with one attached hydrogen (secondary N) is 2. The predicted molar refractivity (Wildman–Crippen MR) is 111 cm³/mol. The van der Waals surface area contributed by atoms with E-state index in [1.165, 1.54) is 5.56 Å². The second kappa shape index (κ2) is 10.1. The molecule has 0 saturated heterocycles. The summed E-state index contributed by atoms with van der Waals surface area (Å²) >= 11 is 0. The van der Waals surface area contributed by atoms with E-state index in [0.717, 1.165) is 25.1 Å². The van der Waals surface area contributed by atoms with Crippen LogP contribution in [0.25, 0.3) is 0 Å². The van der Waals surface area contributed by atoms with Gasteiger partial charge in [-0.15, -0.1) is 10.2 Å². The van der Waals surface area contributed by atoms with Crippen LogP contribution in [0.1, 0.15) is 29.4 Å². The van der Waals surface area contributed by atoms with E-state index >= 15 is 0 Å². The van der Waals surface area contributed by atoms with Crippen molar-refractivity contribution in [2.75, 3.05) is 23.8 Å². The SMILES string of the molecule is CCOc1ccc(NC(=O)c2ccc(NCCCc3ccccc3)nn2)cc1. The number of anilines is 2. The van der Waals surface area contributed by atoms with E-state index < -0.39 is 0 Å². The molecule has 0 bridgehead atoms. The third kappa shape index (κ3) is 5.81. The summed E-state index contributed by atoms with van der Waals surface area (Å²) in [6.07, 6.45) is 2.00. The van der Waals surface area contributed by atoms with E-state index in [1.807, 2.05) is 37.3 Å². The van der Waals surface area contributed by atoms with Crippen LogP contribution < -0.4 is 15.4 Å². The monoisotopic (exact) mass is 376 g/mol. The zero-order valence-electron chi connectivity index (χ0n) is 15.9. The highest BCUT2D eigenvalue weighted by Gasteiger charge is 2.09. The molecule has 0 aliphatic rings. The molecular formula is C22H24N4O2. The fourth-order valence-corrected chi connectivity index (χ4v) is 2.70. The molecule has 0 atom stereocenters. The molecule has 0 unspecified atom stereocenters. The van der Waals surface area contributed by atoms with Gasteiger partial charge in [0.2, 0.25) is 0 Å². The first-order valence-electron chi connectivity index (χ1n) is 9.40. The van der Waals surface area contributed by atoms with Gasteiger partial charge in [-0.05, 0) is 61.7 Å². The number of hydrogen-bond acceptors (Lipinski definition) is 5. The fraction of sp³-hybridized carbons (Fsp3) is 0.227. The molecular weight excluding hydrogens is 352 g/mol. The molecule has 28 heavy (non-hydrogen) atoms. The summed E-state index contributed by atoms with van der Waals surface area (Å²) in [5, 5.41) is 14.1. The molecule has 0 radical (unpaired) electrons. The highest BCUT2D eigenvalue weighted by atomic mass is 16.5. The van der Waals surface area contributed by atoms with Gasteiger partial charge in [-0.2, -0.15) is 0 Å². The maximum atomic E-state index is 12.3. The molecule has 1 aromatic heterocycles. The molecule has 3 aromatic rings. The Bertz CT molecular complexity index is 865. The number of benzene rings is 2. The molecule has 1 amide bonds. The summed E-state index contributed by atoms with van der Waals surface area (Å²) in [4.78, 5) is 12.3. The Kier molecular flexibility index (Phi) is 6.95. The third-order valence-corrected chi connectivity index (χ3v) is 4.11. The molecule has 2 aromatic carbocycles. The molecule has 1 heterocycles. The zero-order chi connectivity index (χ0) is 19.6. The van der Waals surface area contributed by atoms with E-state index in [1.54, 1.807) is 24.3 Å². The van der Waals surface area contributed by atoms with Gasteiger partial charge in [-0.3, -0.25) is 4.79 Å². The van der Waals surface area contributed by atoms with Crippen LogP contribution in [-0.2, 0) is 6.42 Å². The number of aryl methyl sites for hydroxylation is 1. The highest BCUT2D eigenvalue weighted by molar-refractivity contribution is 6.02. The van der Waals surface area contributed by atoms with Crippen molar-refractivity contribution in [3.63, 3.8) is 0 Å². The minimum absolute atomic E-state index is 0.267. The van der Waals surface area contributed by atoms with Crippen LogP contribution in [0, 0.1) is 0 Å². The second-order valence-electron chi connectivity index (χ2n) is 6.23. The molecule has 0 spiro atoms. The van der Waals surface area contributed by atoms with Crippen molar-refractivity contribution in [2.24, 2.45) is 0 Å². The highest BCUT2D eigenvalue weighted by Crippen LogP contribution is 2.16. The zero-order valence-corrected chi connectivity index (χ0v) is 15.9. The third-order valence-electron chi connectivity index (χ3n) is 4.11. The van der Waals surface area contributed by atoms with Crippen molar-refractivity contribution < 1.29 is 9.53 Å². The largest absolute Gasteiger partial charge is 0.494 e. The second-order valence-corrected chi connectivity index (χ2v) is 6.23. The predicted octanol–water partition coefficient (Wildman–Crippen LogP) is 4.17. The fourth-order valence-electron chi connectivity index (χ4n) is 2.70. The lowest BCUT2D eigenvalue weighted by Crippen LogP contribution is -2.15. The average Bonchev–Trinajstić information content (AvgIpc) is 2.74. The van der Waals surface area contributed by atoms with Crippen LogP contribution in [-0.4, -0.2) is 29.3 Å². The normalized spacial score (nSPS) is 10.3. The number of hydrogen-bond donors (Lipinski definition) is 2.